The van der Waals surface area contributed by atoms with Crippen molar-refractivity contribution in [2.75, 3.05) is 33.2 Å². The highest BCUT2D eigenvalue weighted by Crippen LogP contribution is 2.15. The number of nitrogens with zero attached hydrogens (tertiary/aromatic N) is 4. The van der Waals surface area contributed by atoms with Gasteiger partial charge in [-0.3, -0.25) is 19.2 Å². The summed E-state index contributed by atoms with van der Waals surface area (Å²) in [5.74, 6) is -0.277. The first-order valence-electron chi connectivity index (χ1n) is 8.86. The van der Waals surface area contributed by atoms with E-state index in [1.165, 1.54) is 5.56 Å². The van der Waals surface area contributed by atoms with Crippen molar-refractivity contribution in [3.63, 3.8) is 0 Å². The van der Waals surface area contributed by atoms with Crippen molar-refractivity contribution in [3.8, 4) is 0 Å². The predicted octanol–water partition coefficient (Wildman–Crippen LogP) is 0.535. The summed E-state index contributed by atoms with van der Waals surface area (Å²) in [7, 11) is 3.38. The Bertz CT molecular complexity index is 758. The van der Waals surface area contributed by atoms with Gasteiger partial charge < -0.3 is 10.2 Å². The lowest BCUT2D eigenvalue weighted by Crippen LogP contribution is -2.60. The molecule has 0 bridgehead atoms. The highest BCUT2D eigenvalue weighted by Gasteiger charge is 2.35. The van der Waals surface area contributed by atoms with Crippen LogP contribution in [0.2, 0.25) is 0 Å². The lowest BCUT2D eigenvalue weighted by Gasteiger charge is -2.40. The van der Waals surface area contributed by atoms with E-state index < -0.39 is 6.04 Å². The number of piperazine rings is 1. The number of rotatable bonds is 5. The molecule has 1 aromatic heterocycles. The molecule has 0 saturated carbocycles. The molecule has 0 radical (unpaired) electrons. The summed E-state index contributed by atoms with van der Waals surface area (Å²) in [6, 6.07) is 9.81. The van der Waals surface area contributed by atoms with Gasteiger partial charge in [0.05, 0.1) is 11.8 Å². The zero-order valence-corrected chi connectivity index (χ0v) is 15.3. The van der Waals surface area contributed by atoms with Gasteiger partial charge in [-0.2, -0.15) is 5.10 Å². The average molecular weight is 355 g/mol. The zero-order chi connectivity index (χ0) is 18.5. The van der Waals surface area contributed by atoms with E-state index in [9.17, 15) is 9.59 Å². The van der Waals surface area contributed by atoms with E-state index >= 15 is 0 Å². The van der Waals surface area contributed by atoms with Crippen LogP contribution in [0.25, 0.3) is 0 Å². The topological polar surface area (TPSA) is 70.5 Å². The van der Waals surface area contributed by atoms with Crippen molar-refractivity contribution in [3.05, 3.63) is 53.9 Å². The molecule has 7 nitrogen and oxygen atoms in total. The second-order valence-corrected chi connectivity index (χ2v) is 6.57. The van der Waals surface area contributed by atoms with Crippen molar-refractivity contribution in [2.45, 2.75) is 12.5 Å². The molecule has 1 unspecified atom stereocenters. The maximum Gasteiger partial charge on any atom is 0.257 e. The van der Waals surface area contributed by atoms with Gasteiger partial charge in [0, 0.05) is 46.5 Å². The molecule has 1 N–H and O–H groups in total. The first-order valence-corrected chi connectivity index (χ1v) is 8.86. The summed E-state index contributed by atoms with van der Waals surface area (Å²) < 4.78 is 1.60. The van der Waals surface area contributed by atoms with Gasteiger partial charge in [-0.05, 0) is 12.0 Å². The number of aromatic nitrogens is 2. The number of hydrogen-bond donors (Lipinski definition) is 1. The van der Waals surface area contributed by atoms with E-state index in [2.05, 4.69) is 27.4 Å². The third kappa shape index (κ3) is 4.11. The summed E-state index contributed by atoms with van der Waals surface area (Å²) in [6.07, 6.45) is 4.16. The molecule has 2 amide bonds. The van der Waals surface area contributed by atoms with Gasteiger partial charge in [0.2, 0.25) is 5.91 Å². The second-order valence-electron chi connectivity index (χ2n) is 6.57. The van der Waals surface area contributed by atoms with Crippen molar-refractivity contribution in [1.82, 2.24) is 24.9 Å². The van der Waals surface area contributed by atoms with Crippen LogP contribution in [0.1, 0.15) is 15.9 Å². The summed E-state index contributed by atoms with van der Waals surface area (Å²) >= 11 is 0. The molecule has 3 rings (SSSR count). The molecule has 1 aliphatic rings. The van der Waals surface area contributed by atoms with Crippen LogP contribution in [0.15, 0.2) is 42.7 Å². The molecule has 1 fully saturated rings. The number of likely N-dealkylation sites (N-methyl/N-ethyl adjacent to an activating group) is 1. The first-order chi connectivity index (χ1) is 12.6. The molecule has 1 aliphatic heterocycles. The molecule has 2 aromatic rings. The van der Waals surface area contributed by atoms with Crippen LogP contribution in [0.3, 0.4) is 0 Å². The Morgan fingerprint density at radius 1 is 1.23 bits per heavy atom. The van der Waals surface area contributed by atoms with Crippen LogP contribution < -0.4 is 5.32 Å². The van der Waals surface area contributed by atoms with Crippen molar-refractivity contribution in [2.24, 2.45) is 7.05 Å². The monoisotopic (exact) mass is 355 g/mol. The van der Waals surface area contributed by atoms with E-state index in [0.717, 1.165) is 19.5 Å². The summed E-state index contributed by atoms with van der Waals surface area (Å²) in [5, 5.41) is 6.75. The fourth-order valence-electron chi connectivity index (χ4n) is 3.31. The lowest BCUT2D eigenvalue weighted by atomic mass is 10.1. The van der Waals surface area contributed by atoms with Crippen LogP contribution in [-0.4, -0.2) is 70.7 Å². The third-order valence-corrected chi connectivity index (χ3v) is 4.79. The molecule has 1 aromatic carbocycles. The molecular weight excluding hydrogens is 330 g/mol. The molecule has 26 heavy (non-hydrogen) atoms. The van der Waals surface area contributed by atoms with Crippen LogP contribution in [0.4, 0.5) is 0 Å². The molecule has 1 atom stereocenters. The standard InChI is InChI=1S/C19H25N5O2/c1-20-18(25)17-14-23(9-8-15-6-4-3-5-7-15)10-11-24(17)19(26)16-12-21-22(2)13-16/h3-7,12-13,17H,8-11,14H2,1-2H3,(H,20,25). The Hall–Kier alpha value is -2.67. The maximum absolute atomic E-state index is 12.8. The van der Waals surface area contributed by atoms with Crippen LogP contribution >= 0.6 is 0 Å². The van der Waals surface area contributed by atoms with Crippen molar-refractivity contribution < 1.29 is 9.59 Å². The van der Waals surface area contributed by atoms with E-state index in [-0.39, 0.29) is 11.8 Å². The van der Waals surface area contributed by atoms with E-state index in [1.54, 1.807) is 36.1 Å². The van der Waals surface area contributed by atoms with Crippen LogP contribution in [-0.2, 0) is 18.3 Å². The molecule has 7 heteroatoms. The molecule has 0 spiro atoms. The lowest BCUT2D eigenvalue weighted by molar-refractivity contribution is -0.127. The minimum atomic E-state index is -0.489. The number of carbonyl (C=O) groups excluding carboxylic acids is 2. The fourth-order valence-corrected chi connectivity index (χ4v) is 3.31. The largest absolute Gasteiger partial charge is 0.357 e. The summed E-state index contributed by atoms with van der Waals surface area (Å²) in [4.78, 5) is 29.1. The number of amides is 2. The molecule has 2 heterocycles. The SMILES string of the molecule is CNC(=O)C1CN(CCc2ccccc2)CCN1C(=O)c1cnn(C)c1. The second kappa shape index (κ2) is 8.14. The third-order valence-electron chi connectivity index (χ3n) is 4.79. The van der Waals surface area contributed by atoms with Crippen LogP contribution in [0.5, 0.6) is 0 Å². The Morgan fingerprint density at radius 3 is 2.65 bits per heavy atom. The maximum atomic E-state index is 12.8. The molecule has 1 saturated heterocycles. The van der Waals surface area contributed by atoms with Gasteiger partial charge >= 0.3 is 0 Å². The van der Waals surface area contributed by atoms with Crippen molar-refractivity contribution in [1.29, 1.82) is 0 Å². The van der Waals surface area contributed by atoms with Gasteiger partial charge in [-0.15, -0.1) is 0 Å². The number of hydrogen-bond acceptors (Lipinski definition) is 4. The molecule has 0 aliphatic carbocycles. The summed E-state index contributed by atoms with van der Waals surface area (Å²) in [6.45, 7) is 2.69. The Labute approximate surface area is 153 Å². The Kier molecular flexibility index (Phi) is 5.68. The summed E-state index contributed by atoms with van der Waals surface area (Å²) in [5.41, 5.74) is 1.79. The first kappa shape index (κ1) is 18.1. The van der Waals surface area contributed by atoms with E-state index in [1.807, 2.05) is 18.2 Å². The fraction of sp³-hybridized carbons (Fsp3) is 0.421. The van der Waals surface area contributed by atoms with Crippen LogP contribution in [0, 0.1) is 0 Å². The smallest absolute Gasteiger partial charge is 0.257 e. The van der Waals surface area contributed by atoms with Gasteiger partial charge in [0.15, 0.2) is 0 Å². The predicted molar refractivity (Wildman–Crippen MR) is 98.7 cm³/mol. The highest BCUT2D eigenvalue weighted by molar-refractivity contribution is 5.97. The minimum Gasteiger partial charge on any atom is -0.357 e. The molecular formula is C19H25N5O2. The van der Waals surface area contributed by atoms with Gasteiger partial charge in [0.1, 0.15) is 6.04 Å². The number of aryl methyl sites for hydroxylation is 1. The average Bonchev–Trinajstić information content (AvgIpc) is 3.12. The Morgan fingerprint density at radius 2 is 2.00 bits per heavy atom. The van der Waals surface area contributed by atoms with Gasteiger partial charge in [-0.25, -0.2) is 0 Å². The zero-order valence-electron chi connectivity index (χ0n) is 15.3. The van der Waals surface area contributed by atoms with E-state index in [0.29, 0.717) is 18.7 Å². The molecule has 138 valence electrons. The highest BCUT2D eigenvalue weighted by atomic mass is 16.2. The van der Waals surface area contributed by atoms with Crippen molar-refractivity contribution >= 4 is 11.8 Å². The van der Waals surface area contributed by atoms with Gasteiger partial charge in [-0.1, -0.05) is 30.3 Å². The number of benzene rings is 1. The van der Waals surface area contributed by atoms with E-state index in [4.69, 9.17) is 0 Å². The Balaban J connectivity index is 1.67. The van der Waals surface area contributed by atoms with Gasteiger partial charge in [0.25, 0.3) is 5.91 Å². The normalized spacial score (nSPS) is 17.9. The number of nitrogens with one attached hydrogen (secondary N) is 1. The number of carbonyl (C=O) groups is 2. The minimum absolute atomic E-state index is 0.133. The quantitative estimate of drug-likeness (QED) is 0.850.